The zero-order valence-electron chi connectivity index (χ0n) is 12.3. The molecule has 0 saturated carbocycles. The van der Waals surface area contributed by atoms with Gasteiger partial charge in [0.15, 0.2) is 0 Å². The van der Waals surface area contributed by atoms with Crippen LogP contribution in [0.5, 0.6) is 5.75 Å². The summed E-state index contributed by atoms with van der Waals surface area (Å²) in [5.41, 5.74) is 3.90. The zero-order chi connectivity index (χ0) is 15.8. The lowest BCUT2D eigenvalue weighted by Gasteiger charge is -2.09. The molecule has 2 aromatic rings. The first kappa shape index (κ1) is 16.2. The molecule has 114 valence electrons. The van der Waals surface area contributed by atoms with E-state index in [0.29, 0.717) is 17.9 Å². The van der Waals surface area contributed by atoms with Gasteiger partial charge in [-0.2, -0.15) is 5.10 Å². The highest BCUT2D eigenvalue weighted by molar-refractivity contribution is 9.10. The SMILES string of the molecule is CCCOc1ccccc1C(=O)N/N=C/c1ccc(Br)cc1. The highest BCUT2D eigenvalue weighted by atomic mass is 79.9. The number of halogens is 1. The van der Waals surface area contributed by atoms with Crippen LogP contribution in [0.2, 0.25) is 0 Å². The van der Waals surface area contributed by atoms with Gasteiger partial charge in [-0.05, 0) is 36.2 Å². The Hall–Kier alpha value is -2.14. The van der Waals surface area contributed by atoms with Crippen molar-refractivity contribution >= 4 is 28.1 Å². The van der Waals surface area contributed by atoms with E-state index in [4.69, 9.17) is 4.74 Å². The highest BCUT2D eigenvalue weighted by Gasteiger charge is 2.10. The van der Waals surface area contributed by atoms with Gasteiger partial charge in [-0.1, -0.05) is 47.1 Å². The van der Waals surface area contributed by atoms with E-state index in [0.717, 1.165) is 16.5 Å². The second-order valence-corrected chi connectivity index (χ2v) is 5.51. The van der Waals surface area contributed by atoms with E-state index in [1.807, 2.05) is 37.3 Å². The van der Waals surface area contributed by atoms with Gasteiger partial charge < -0.3 is 4.74 Å². The molecule has 1 amide bonds. The molecule has 1 N–H and O–H groups in total. The van der Waals surface area contributed by atoms with Gasteiger partial charge in [0, 0.05) is 4.47 Å². The van der Waals surface area contributed by atoms with E-state index in [2.05, 4.69) is 26.5 Å². The molecular formula is C17H17BrN2O2. The number of nitrogens with zero attached hydrogens (tertiary/aromatic N) is 1. The zero-order valence-corrected chi connectivity index (χ0v) is 13.8. The minimum atomic E-state index is -0.292. The Morgan fingerprint density at radius 1 is 1.23 bits per heavy atom. The minimum Gasteiger partial charge on any atom is -0.493 e. The maximum Gasteiger partial charge on any atom is 0.275 e. The van der Waals surface area contributed by atoms with Crippen molar-refractivity contribution in [3.63, 3.8) is 0 Å². The highest BCUT2D eigenvalue weighted by Crippen LogP contribution is 2.18. The molecule has 0 aliphatic heterocycles. The Balaban J connectivity index is 2.01. The third-order valence-electron chi connectivity index (χ3n) is 2.84. The Morgan fingerprint density at radius 2 is 1.95 bits per heavy atom. The molecule has 0 spiro atoms. The van der Waals surface area contributed by atoms with Crippen molar-refractivity contribution in [2.45, 2.75) is 13.3 Å². The molecule has 0 aliphatic rings. The fourth-order valence-corrected chi connectivity index (χ4v) is 2.03. The van der Waals surface area contributed by atoms with E-state index >= 15 is 0 Å². The molecular weight excluding hydrogens is 344 g/mol. The lowest BCUT2D eigenvalue weighted by Crippen LogP contribution is -2.18. The summed E-state index contributed by atoms with van der Waals surface area (Å²) >= 11 is 3.37. The molecule has 2 aromatic carbocycles. The van der Waals surface area contributed by atoms with Crippen LogP contribution in [0, 0.1) is 0 Å². The number of benzene rings is 2. The number of nitrogens with one attached hydrogen (secondary N) is 1. The molecule has 0 radical (unpaired) electrons. The van der Waals surface area contributed by atoms with Crippen LogP contribution in [0.25, 0.3) is 0 Å². The van der Waals surface area contributed by atoms with E-state index in [9.17, 15) is 4.79 Å². The third kappa shape index (κ3) is 4.70. The van der Waals surface area contributed by atoms with Crippen molar-refractivity contribution in [2.75, 3.05) is 6.61 Å². The van der Waals surface area contributed by atoms with Crippen LogP contribution in [0.4, 0.5) is 0 Å². The summed E-state index contributed by atoms with van der Waals surface area (Å²) in [6.45, 7) is 2.59. The van der Waals surface area contributed by atoms with Crippen LogP contribution >= 0.6 is 15.9 Å². The smallest absolute Gasteiger partial charge is 0.275 e. The largest absolute Gasteiger partial charge is 0.493 e. The van der Waals surface area contributed by atoms with Crippen LogP contribution in [0.15, 0.2) is 58.1 Å². The fourth-order valence-electron chi connectivity index (χ4n) is 1.77. The van der Waals surface area contributed by atoms with Crippen LogP contribution in [0.3, 0.4) is 0 Å². The van der Waals surface area contributed by atoms with Crippen LogP contribution in [0.1, 0.15) is 29.3 Å². The summed E-state index contributed by atoms with van der Waals surface area (Å²) in [5.74, 6) is 0.278. The van der Waals surface area contributed by atoms with Crippen LogP contribution in [-0.4, -0.2) is 18.7 Å². The normalized spacial score (nSPS) is 10.6. The number of rotatable bonds is 6. The molecule has 0 heterocycles. The van der Waals surface area contributed by atoms with Gasteiger partial charge in [-0.15, -0.1) is 0 Å². The van der Waals surface area contributed by atoms with Crippen molar-refractivity contribution in [1.29, 1.82) is 0 Å². The average molecular weight is 361 g/mol. The lowest BCUT2D eigenvalue weighted by atomic mass is 10.2. The van der Waals surface area contributed by atoms with Gasteiger partial charge in [-0.25, -0.2) is 5.43 Å². The van der Waals surface area contributed by atoms with Crippen molar-refractivity contribution in [1.82, 2.24) is 5.43 Å². The number of para-hydroxylation sites is 1. The number of ether oxygens (including phenoxy) is 1. The molecule has 0 aromatic heterocycles. The Bertz CT molecular complexity index is 654. The number of hydrazone groups is 1. The van der Waals surface area contributed by atoms with Gasteiger partial charge >= 0.3 is 0 Å². The number of carbonyl (C=O) groups excluding carboxylic acids is 1. The van der Waals surface area contributed by atoms with Gasteiger partial charge in [-0.3, -0.25) is 4.79 Å². The van der Waals surface area contributed by atoms with E-state index in [1.54, 1.807) is 24.4 Å². The molecule has 0 aliphatic carbocycles. The van der Waals surface area contributed by atoms with Crippen LogP contribution in [-0.2, 0) is 0 Å². The summed E-state index contributed by atoms with van der Waals surface area (Å²) < 4.78 is 6.56. The molecule has 22 heavy (non-hydrogen) atoms. The quantitative estimate of drug-likeness (QED) is 0.625. The summed E-state index contributed by atoms with van der Waals surface area (Å²) in [7, 11) is 0. The van der Waals surface area contributed by atoms with Crippen molar-refractivity contribution in [3.05, 3.63) is 64.1 Å². The molecule has 2 rings (SSSR count). The Labute approximate surface area is 138 Å². The number of amides is 1. The summed E-state index contributed by atoms with van der Waals surface area (Å²) in [6, 6.07) is 14.8. The van der Waals surface area contributed by atoms with Crippen molar-refractivity contribution < 1.29 is 9.53 Å². The number of hydrogen-bond donors (Lipinski definition) is 1. The summed E-state index contributed by atoms with van der Waals surface area (Å²) in [6.07, 6.45) is 2.48. The van der Waals surface area contributed by atoms with Crippen LogP contribution < -0.4 is 10.2 Å². The van der Waals surface area contributed by atoms with Gasteiger partial charge in [0.1, 0.15) is 5.75 Å². The maximum atomic E-state index is 12.2. The average Bonchev–Trinajstić information content (AvgIpc) is 2.55. The number of carbonyl (C=O) groups is 1. The Morgan fingerprint density at radius 3 is 2.68 bits per heavy atom. The molecule has 5 heteroatoms. The minimum absolute atomic E-state index is 0.292. The first-order chi connectivity index (χ1) is 10.7. The third-order valence-corrected chi connectivity index (χ3v) is 3.37. The molecule has 0 saturated heterocycles. The van der Waals surface area contributed by atoms with Crippen molar-refractivity contribution in [2.24, 2.45) is 5.10 Å². The van der Waals surface area contributed by atoms with E-state index in [-0.39, 0.29) is 5.91 Å². The topological polar surface area (TPSA) is 50.7 Å². The van der Waals surface area contributed by atoms with E-state index < -0.39 is 0 Å². The van der Waals surface area contributed by atoms with Gasteiger partial charge in [0.2, 0.25) is 0 Å². The summed E-state index contributed by atoms with van der Waals surface area (Å²) in [5, 5.41) is 3.97. The number of hydrogen-bond acceptors (Lipinski definition) is 3. The first-order valence-electron chi connectivity index (χ1n) is 7.01. The monoisotopic (exact) mass is 360 g/mol. The fraction of sp³-hybridized carbons (Fsp3) is 0.176. The molecule has 0 bridgehead atoms. The second-order valence-electron chi connectivity index (χ2n) is 4.60. The standard InChI is InChI=1S/C17H17BrN2O2/c1-2-11-22-16-6-4-3-5-15(16)17(21)20-19-12-13-7-9-14(18)10-8-13/h3-10,12H,2,11H2,1H3,(H,20,21)/b19-12+. The molecule has 0 atom stereocenters. The molecule has 0 unspecified atom stereocenters. The second kappa shape index (κ2) is 8.34. The lowest BCUT2D eigenvalue weighted by molar-refractivity contribution is 0.0951. The van der Waals surface area contributed by atoms with Gasteiger partial charge in [0.25, 0.3) is 5.91 Å². The molecule has 4 nitrogen and oxygen atoms in total. The van der Waals surface area contributed by atoms with E-state index in [1.165, 1.54) is 0 Å². The molecule has 0 fully saturated rings. The summed E-state index contributed by atoms with van der Waals surface area (Å²) in [4.78, 5) is 12.2. The Kier molecular flexibility index (Phi) is 6.15. The predicted molar refractivity (Wildman–Crippen MR) is 91.4 cm³/mol. The maximum absolute atomic E-state index is 12.2. The predicted octanol–water partition coefficient (Wildman–Crippen LogP) is 4.00. The van der Waals surface area contributed by atoms with Gasteiger partial charge in [0.05, 0.1) is 18.4 Å². The van der Waals surface area contributed by atoms with Crippen molar-refractivity contribution in [3.8, 4) is 5.75 Å². The first-order valence-corrected chi connectivity index (χ1v) is 7.81.